The van der Waals surface area contributed by atoms with Crippen LogP contribution in [-0.2, 0) is 0 Å². The Hall–Kier alpha value is -1.39. The molecule has 0 atom stereocenters. The van der Waals surface area contributed by atoms with E-state index >= 15 is 0 Å². The van der Waals surface area contributed by atoms with Gasteiger partial charge in [0.1, 0.15) is 10.2 Å². The van der Waals surface area contributed by atoms with Gasteiger partial charge in [0.05, 0.1) is 5.56 Å². The van der Waals surface area contributed by atoms with Gasteiger partial charge in [0.2, 0.25) is 0 Å². The minimum absolute atomic E-state index is 0.0107. The second-order valence-corrected chi connectivity index (χ2v) is 7.17. The Bertz CT molecular complexity index is 660. The van der Waals surface area contributed by atoms with E-state index in [0.717, 1.165) is 36.4 Å². The lowest BCUT2D eigenvalue weighted by Gasteiger charge is -2.19. The van der Waals surface area contributed by atoms with E-state index in [1.54, 1.807) is 12.1 Å². The number of nitrogens with zero attached hydrogens (tertiary/aromatic N) is 1. The minimum atomic E-state index is -0.271. The number of halogens is 2. The van der Waals surface area contributed by atoms with Gasteiger partial charge in [-0.05, 0) is 36.6 Å². The van der Waals surface area contributed by atoms with Gasteiger partial charge in [-0.3, -0.25) is 4.79 Å². The predicted molar refractivity (Wildman–Crippen MR) is 89.1 cm³/mol. The monoisotopic (exact) mass is 337 g/mol. The standard InChI is InChI=1S/C17H17ClFNOS/c18-16-14(17(21)20-9-3-1-2-4-10-20)11-15(22-16)12-5-7-13(19)8-6-12/h5-8,11H,1-4,9-10H2. The molecule has 0 spiro atoms. The van der Waals surface area contributed by atoms with Crippen LogP contribution in [-0.4, -0.2) is 23.9 Å². The first-order valence-corrected chi connectivity index (χ1v) is 8.69. The Kier molecular flexibility index (Phi) is 4.79. The molecule has 1 aliphatic heterocycles. The summed E-state index contributed by atoms with van der Waals surface area (Å²) in [5.74, 6) is -0.260. The van der Waals surface area contributed by atoms with Crippen molar-refractivity contribution in [3.63, 3.8) is 0 Å². The molecule has 2 heterocycles. The molecule has 1 aromatic carbocycles. The first-order valence-electron chi connectivity index (χ1n) is 7.50. The highest BCUT2D eigenvalue weighted by Crippen LogP contribution is 2.35. The molecule has 0 bridgehead atoms. The number of carbonyl (C=O) groups excluding carboxylic acids is 1. The summed E-state index contributed by atoms with van der Waals surface area (Å²) >= 11 is 7.64. The molecule has 0 unspecified atom stereocenters. The van der Waals surface area contributed by atoms with E-state index in [0.29, 0.717) is 9.90 Å². The van der Waals surface area contributed by atoms with Crippen molar-refractivity contribution in [2.75, 3.05) is 13.1 Å². The number of amides is 1. The van der Waals surface area contributed by atoms with Gasteiger partial charge in [-0.1, -0.05) is 36.6 Å². The van der Waals surface area contributed by atoms with Gasteiger partial charge in [-0.15, -0.1) is 11.3 Å². The fraction of sp³-hybridized carbons (Fsp3) is 0.353. The van der Waals surface area contributed by atoms with Crippen LogP contribution in [0.4, 0.5) is 4.39 Å². The molecule has 0 N–H and O–H groups in total. The van der Waals surface area contributed by atoms with Crippen molar-refractivity contribution >= 4 is 28.8 Å². The average molecular weight is 338 g/mol. The van der Waals surface area contributed by atoms with E-state index in [1.807, 2.05) is 11.0 Å². The van der Waals surface area contributed by atoms with E-state index in [9.17, 15) is 9.18 Å². The Morgan fingerprint density at radius 2 is 1.73 bits per heavy atom. The van der Waals surface area contributed by atoms with E-state index in [4.69, 9.17) is 11.6 Å². The highest BCUT2D eigenvalue weighted by Gasteiger charge is 2.22. The van der Waals surface area contributed by atoms with Gasteiger partial charge in [0, 0.05) is 18.0 Å². The molecule has 1 aromatic heterocycles. The molecule has 1 amide bonds. The number of thiophene rings is 1. The highest BCUT2D eigenvalue weighted by atomic mass is 35.5. The van der Waals surface area contributed by atoms with Crippen LogP contribution in [0.15, 0.2) is 30.3 Å². The van der Waals surface area contributed by atoms with Crippen LogP contribution in [0, 0.1) is 5.82 Å². The second kappa shape index (κ2) is 6.80. The minimum Gasteiger partial charge on any atom is -0.339 e. The van der Waals surface area contributed by atoms with Crippen LogP contribution in [0.3, 0.4) is 0 Å². The summed E-state index contributed by atoms with van der Waals surface area (Å²) in [5.41, 5.74) is 1.44. The molecule has 1 saturated heterocycles. The number of rotatable bonds is 2. The molecule has 5 heteroatoms. The zero-order valence-corrected chi connectivity index (χ0v) is 13.7. The third-order valence-electron chi connectivity index (χ3n) is 3.94. The molecule has 2 nitrogen and oxygen atoms in total. The molecule has 2 aromatic rings. The summed E-state index contributed by atoms with van der Waals surface area (Å²) in [7, 11) is 0. The SMILES string of the molecule is O=C(c1cc(-c2ccc(F)cc2)sc1Cl)N1CCCCCC1. The van der Waals surface area contributed by atoms with E-state index in [1.165, 1.54) is 36.3 Å². The largest absolute Gasteiger partial charge is 0.339 e. The fourth-order valence-electron chi connectivity index (χ4n) is 2.72. The number of benzene rings is 1. The fourth-order valence-corrected chi connectivity index (χ4v) is 3.98. The molecule has 1 aliphatic rings. The van der Waals surface area contributed by atoms with Crippen LogP contribution in [0.2, 0.25) is 4.34 Å². The van der Waals surface area contributed by atoms with Crippen LogP contribution in [0.5, 0.6) is 0 Å². The number of hydrogen-bond acceptors (Lipinski definition) is 2. The molecule has 116 valence electrons. The van der Waals surface area contributed by atoms with Crippen LogP contribution >= 0.6 is 22.9 Å². The van der Waals surface area contributed by atoms with Gasteiger partial charge >= 0.3 is 0 Å². The Morgan fingerprint density at radius 1 is 1.09 bits per heavy atom. The number of hydrogen-bond donors (Lipinski definition) is 0. The molecule has 3 rings (SSSR count). The number of likely N-dealkylation sites (tertiary alicyclic amines) is 1. The van der Waals surface area contributed by atoms with Gasteiger partial charge in [0.15, 0.2) is 0 Å². The first-order chi connectivity index (χ1) is 10.6. The Balaban J connectivity index is 1.85. The molecular weight excluding hydrogens is 321 g/mol. The molecule has 0 saturated carbocycles. The maximum absolute atomic E-state index is 13.0. The van der Waals surface area contributed by atoms with Crippen molar-refractivity contribution in [3.8, 4) is 10.4 Å². The smallest absolute Gasteiger partial charge is 0.256 e. The zero-order chi connectivity index (χ0) is 15.5. The van der Waals surface area contributed by atoms with Gasteiger partial charge < -0.3 is 4.90 Å². The predicted octanol–water partition coefficient (Wildman–Crippen LogP) is 5.22. The second-order valence-electron chi connectivity index (χ2n) is 5.51. The quantitative estimate of drug-likeness (QED) is 0.735. The Morgan fingerprint density at radius 3 is 2.36 bits per heavy atom. The normalized spacial score (nSPS) is 15.6. The molecule has 1 fully saturated rings. The van der Waals surface area contributed by atoms with Crippen molar-refractivity contribution in [3.05, 3.63) is 46.0 Å². The van der Waals surface area contributed by atoms with Crippen molar-refractivity contribution in [2.24, 2.45) is 0 Å². The Labute approximate surface area is 138 Å². The van der Waals surface area contributed by atoms with Crippen molar-refractivity contribution < 1.29 is 9.18 Å². The summed E-state index contributed by atoms with van der Waals surface area (Å²) in [6.07, 6.45) is 4.47. The van der Waals surface area contributed by atoms with Gasteiger partial charge in [0.25, 0.3) is 5.91 Å². The van der Waals surface area contributed by atoms with Crippen LogP contribution in [0.1, 0.15) is 36.0 Å². The summed E-state index contributed by atoms with van der Waals surface area (Å²) in [5, 5.41) is 0. The van der Waals surface area contributed by atoms with E-state index in [-0.39, 0.29) is 11.7 Å². The average Bonchev–Trinajstić information content (AvgIpc) is 2.74. The summed E-state index contributed by atoms with van der Waals surface area (Å²) in [4.78, 5) is 15.5. The highest BCUT2D eigenvalue weighted by molar-refractivity contribution is 7.19. The van der Waals surface area contributed by atoms with Gasteiger partial charge in [-0.2, -0.15) is 0 Å². The lowest BCUT2D eigenvalue weighted by molar-refractivity contribution is 0.0762. The lowest BCUT2D eigenvalue weighted by atomic mass is 10.1. The van der Waals surface area contributed by atoms with Crippen LogP contribution in [0.25, 0.3) is 10.4 Å². The topological polar surface area (TPSA) is 20.3 Å². The molecular formula is C17H17ClFNOS. The van der Waals surface area contributed by atoms with Crippen molar-refractivity contribution in [1.82, 2.24) is 4.90 Å². The molecule has 0 radical (unpaired) electrons. The maximum Gasteiger partial charge on any atom is 0.256 e. The van der Waals surface area contributed by atoms with Crippen LogP contribution < -0.4 is 0 Å². The third kappa shape index (κ3) is 3.33. The van der Waals surface area contributed by atoms with E-state index < -0.39 is 0 Å². The third-order valence-corrected chi connectivity index (χ3v) is 5.35. The zero-order valence-electron chi connectivity index (χ0n) is 12.1. The van der Waals surface area contributed by atoms with Crippen molar-refractivity contribution in [2.45, 2.75) is 25.7 Å². The van der Waals surface area contributed by atoms with E-state index in [2.05, 4.69) is 0 Å². The summed E-state index contributed by atoms with van der Waals surface area (Å²) < 4.78 is 13.5. The van der Waals surface area contributed by atoms with Crippen molar-refractivity contribution in [1.29, 1.82) is 0 Å². The molecule has 0 aliphatic carbocycles. The van der Waals surface area contributed by atoms with Gasteiger partial charge in [-0.25, -0.2) is 4.39 Å². The first kappa shape index (κ1) is 15.5. The number of carbonyl (C=O) groups is 1. The summed E-state index contributed by atoms with van der Waals surface area (Å²) in [6, 6.07) is 8.07. The lowest BCUT2D eigenvalue weighted by Crippen LogP contribution is -2.31. The maximum atomic E-state index is 13.0. The molecule has 22 heavy (non-hydrogen) atoms. The summed E-state index contributed by atoms with van der Waals surface area (Å²) in [6.45, 7) is 1.60.